The smallest absolute Gasteiger partial charge is 0.315 e. The molecule has 3 aliphatic rings. The molecular formula is C29H50N6O7S. The van der Waals surface area contributed by atoms with E-state index in [9.17, 15) is 32.4 Å². The maximum atomic E-state index is 13.9. The summed E-state index contributed by atoms with van der Waals surface area (Å²) in [6, 6.07) is -2.70. The Labute approximate surface area is 255 Å². The second kappa shape index (κ2) is 13.9. The molecule has 43 heavy (non-hydrogen) atoms. The minimum atomic E-state index is -3.66. The van der Waals surface area contributed by atoms with E-state index in [2.05, 4.69) is 21.3 Å². The third-order valence-electron chi connectivity index (χ3n) is 8.63. The monoisotopic (exact) mass is 626 g/mol. The van der Waals surface area contributed by atoms with Crippen molar-refractivity contribution in [2.24, 2.45) is 5.41 Å². The van der Waals surface area contributed by atoms with Gasteiger partial charge in [0.25, 0.3) is 5.91 Å². The van der Waals surface area contributed by atoms with Gasteiger partial charge in [0.05, 0.1) is 17.8 Å². The van der Waals surface area contributed by atoms with E-state index in [-0.39, 0.29) is 17.8 Å². The van der Waals surface area contributed by atoms with Gasteiger partial charge in [0, 0.05) is 25.7 Å². The molecule has 13 nitrogen and oxygen atoms in total. The summed E-state index contributed by atoms with van der Waals surface area (Å²) in [5, 5.41) is 10.8. The van der Waals surface area contributed by atoms with Crippen LogP contribution in [0.15, 0.2) is 0 Å². The van der Waals surface area contributed by atoms with Gasteiger partial charge in [0.15, 0.2) is 0 Å². The Balaban J connectivity index is 1.69. The number of likely N-dealkylation sites (tertiary alicyclic amines) is 1. The number of nitrogens with one attached hydrogen (secondary N) is 4. The van der Waals surface area contributed by atoms with E-state index in [1.165, 1.54) is 16.3 Å². The van der Waals surface area contributed by atoms with Crippen LogP contribution in [0, 0.1) is 5.41 Å². The first-order valence-electron chi connectivity index (χ1n) is 15.4. The Kier molecular flexibility index (Phi) is 11.2. The zero-order valence-corrected chi connectivity index (χ0v) is 27.3. The summed E-state index contributed by atoms with van der Waals surface area (Å²) in [7, 11) is -2.13. The van der Waals surface area contributed by atoms with E-state index in [0.717, 1.165) is 32.1 Å². The van der Waals surface area contributed by atoms with Gasteiger partial charge in [-0.1, -0.05) is 40.0 Å². The Morgan fingerprint density at radius 3 is 2.16 bits per heavy atom. The number of carbonyl (C=O) groups is 5. The summed E-state index contributed by atoms with van der Waals surface area (Å²) in [5.74, 6) is -2.69. The number of ketones is 1. The van der Waals surface area contributed by atoms with Crippen molar-refractivity contribution in [1.82, 2.24) is 30.5 Å². The molecule has 0 radical (unpaired) electrons. The molecule has 1 aliphatic heterocycles. The molecular weight excluding hydrogens is 576 g/mol. The number of sulfonamides is 1. The molecule has 1 heterocycles. The molecule has 2 saturated carbocycles. The van der Waals surface area contributed by atoms with Crippen LogP contribution in [-0.4, -0.2) is 103 Å². The van der Waals surface area contributed by atoms with Gasteiger partial charge in [-0.3, -0.25) is 19.2 Å². The Hall–Kier alpha value is -2.74. The fourth-order valence-corrected chi connectivity index (χ4v) is 7.60. The number of hydrogen-bond donors (Lipinski definition) is 4. The van der Waals surface area contributed by atoms with Gasteiger partial charge in [-0.15, -0.1) is 0 Å². The van der Waals surface area contributed by atoms with Crippen molar-refractivity contribution in [3.8, 4) is 0 Å². The van der Waals surface area contributed by atoms with E-state index >= 15 is 0 Å². The third-order valence-corrected chi connectivity index (χ3v) is 10.8. The Bertz CT molecular complexity index is 1170. The van der Waals surface area contributed by atoms with Gasteiger partial charge in [-0.25, -0.2) is 17.5 Å². The van der Waals surface area contributed by atoms with Gasteiger partial charge >= 0.3 is 6.03 Å². The molecule has 2 atom stereocenters. The summed E-state index contributed by atoms with van der Waals surface area (Å²) >= 11 is 0. The Morgan fingerprint density at radius 2 is 1.60 bits per heavy atom. The standard InChI is InChI=1S/C29H50N6O7S/c1-19(2)34(6)43(41,42)18-29(14-8-7-9-15-29)33-27(40)32-23(28(3,4)5)26(39)35-16-10-11-21(35)24(37)30-17-22(36)25(38)31-20-12-13-20/h19-21,23H,7-18H2,1-6H3,(H,30,37)(H,31,38)(H2,32,33,40)/t21-,23+/m0/s1. The Morgan fingerprint density at radius 1 is 0.977 bits per heavy atom. The average molecular weight is 627 g/mol. The summed E-state index contributed by atoms with van der Waals surface area (Å²) in [6.45, 7) is 8.83. The first-order valence-corrected chi connectivity index (χ1v) is 17.0. The van der Waals surface area contributed by atoms with E-state index in [1.54, 1.807) is 34.6 Å². The average Bonchev–Trinajstić information content (AvgIpc) is 3.59. The number of carbonyl (C=O) groups excluding carboxylic acids is 5. The highest BCUT2D eigenvalue weighted by atomic mass is 32.2. The van der Waals surface area contributed by atoms with Crippen LogP contribution in [0.25, 0.3) is 0 Å². The van der Waals surface area contributed by atoms with Crippen LogP contribution >= 0.6 is 0 Å². The van der Waals surface area contributed by atoms with E-state index < -0.39 is 69.1 Å². The van der Waals surface area contributed by atoms with Crippen LogP contribution in [0.4, 0.5) is 4.79 Å². The summed E-state index contributed by atoms with van der Waals surface area (Å²) in [5.41, 5.74) is -1.71. The molecule has 4 N–H and O–H groups in total. The predicted octanol–water partition coefficient (Wildman–Crippen LogP) is 1.03. The van der Waals surface area contributed by atoms with Crippen molar-refractivity contribution in [2.75, 3.05) is 25.9 Å². The number of amides is 5. The van der Waals surface area contributed by atoms with Crippen molar-refractivity contribution in [3.05, 3.63) is 0 Å². The van der Waals surface area contributed by atoms with Gasteiger partial charge in [-0.2, -0.15) is 0 Å². The van der Waals surface area contributed by atoms with Gasteiger partial charge in [0.2, 0.25) is 27.6 Å². The minimum Gasteiger partial charge on any atom is -0.347 e. The number of nitrogens with zero attached hydrogens (tertiary/aromatic N) is 2. The van der Waals surface area contributed by atoms with Crippen LogP contribution in [0.5, 0.6) is 0 Å². The SMILES string of the molecule is CC(C)N(C)S(=O)(=O)CC1(NC(=O)N[C@H](C(=O)N2CCC[C@H]2C(=O)NCC(=O)C(=O)NC2CC2)C(C)(C)C)CCCCC1. The molecule has 3 rings (SSSR count). The van der Waals surface area contributed by atoms with Crippen molar-refractivity contribution < 1.29 is 32.4 Å². The van der Waals surface area contributed by atoms with Gasteiger partial charge in [-0.05, 0) is 57.8 Å². The first kappa shape index (κ1) is 34.7. The topological polar surface area (TPSA) is 174 Å². The number of Topliss-reactive ketones (excluding diaryl/α,β-unsaturated/α-hetero) is 1. The molecule has 14 heteroatoms. The summed E-state index contributed by atoms with van der Waals surface area (Å²) in [6.07, 6.45) is 6.12. The maximum Gasteiger partial charge on any atom is 0.315 e. The lowest BCUT2D eigenvalue weighted by Crippen LogP contribution is -2.63. The largest absolute Gasteiger partial charge is 0.347 e. The molecule has 0 unspecified atom stereocenters. The quantitative estimate of drug-likeness (QED) is 0.234. The van der Waals surface area contributed by atoms with Crippen LogP contribution in [-0.2, 0) is 29.2 Å². The first-order chi connectivity index (χ1) is 20.0. The third kappa shape index (κ3) is 9.37. The molecule has 0 spiro atoms. The zero-order chi connectivity index (χ0) is 32.2. The van der Waals surface area contributed by atoms with Crippen LogP contribution < -0.4 is 21.3 Å². The highest BCUT2D eigenvalue weighted by Gasteiger charge is 2.44. The molecule has 3 fully saturated rings. The predicted molar refractivity (Wildman–Crippen MR) is 161 cm³/mol. The molecule has 244 valence electrons. The zero-order valence-electron chi connectivity index (χ0n) is 26.5. The molecule has 0 aromatic carbocycles. The van der Waals surface area contributed by atoms with E-state index in [0.29, 0.717) is 32.2 Å². The van der Waals surface area contributed by atoms with Crippen LogP contribution in [0.1, 0.15) is 92.4 Å². The van der Waals surface area contributed by atoms with Crippen molar-refractivity contribution in [2.45, 2.75) is 122 Å². The van der Waals surface area contributed by atoms with Gasteiger partial charge in [0.1, 0.15) is 12.1 Å². The van der Waals surface area contributed by atoms with Gasteiger partial charge < -0.3 is 26.2 Å². The molecule has 1 saturated heterocycles. The summed E-state index contributed by atoms with van der Waals surface area (Å²) < 4.78 is 27.7. The minimum absolute atomic E-state index is 0.0212. The lowest BCUT2D eigenvalue weighted by molar-refractivity contribution is -0.142. The summed E-state index contributed by atoms with van der Waals surface area (Å²) in [4.78, 5) is 65.8. The highest BCUT2D eigenvalue weighted by molar-refractivity contribution is 7.89. The van der Waals surface area contributed by atoms with E-state index in [1.807, 2.05) is 0 Å². The fourth-order valence-electron chi connectivity index (χ4n) is 5.69. The maximum absolute atomic E-state index is 13.9. The molecule has 0 aromatic heterocycles. The van der Waals surface area contributed by atoms with Crippen molar-refractivity contribution >= 4 is 39.6 Å². The number of hydrogen-bond acceptors (Lipinski definition) is 7. The normalized spacial score (nSPS) is 21.3. The second-order valence-corrected chi connectivity index (χ2v) is 15.7. The fraction of sp³-hybridized carbons (Fsp3) is 0.828. The number of rotatable bonds is 12. The van der Waals surface area contributed by atoms with Crippen molar-refractivity contribution in [3.63, 3.8) is 0 Å². The molecule has 0 aromatic rings. The molecule has 0 bridgehead atoms. The second-order valence-electron chi connectivity index (χ2n) is 13.7. The van der Waals surface area contributed by atoms with Crippen LogP contribution in [0.2, 0.25) is 0 Å². The van der Waals surface area contributed by atoms with Crippen molar-refractivity contribution in [1.29, 1.82) is 0 Å². The van der Waals surface area contributed by atoms with Crippen LogP contribution in [0.3, 0.4) is 0 Å². The number of urea groups is 1. The lowest BCUT2D eigenvalue weighted by atomic mass is 9.83. The molecule has 5 amide bonds. The lowest BCUT2D eigenvalue weighted by Gasteiger charge is -2.40. The molecule has 2 aliphatic carbocycles. The van der Waals surface area contributed by atoms with E-state index in [4.69, 9.17) is 0 Å². The highest BCUT2D eigenvalue weighted by Crippen LogP contribution is 2.31.